The van der Waals surface area contributed by atoms with Gasteiger partial charge in [-0.25, -0.2) is 4.98 Å². The van der Waals surface area contributed by atoms with Gasteiger partial charge >= 0.3 is 0 Å². The molecule has 6 heteroatoms. The minimum Gasteiger partial charge on any atom is -0.373 e. The quantitative estimate of drug-likeness (QED) is 0.862. The molecule has 0 saturated carbocycles. The molecule has 6 nitrogen and oxygen atoms in total. The third-order valence-corrected chi connectivity index (χ3v) is 3.80. The van der Waals surface area contributed by atoms with Crippen LogP contribution in [0.2, 0.25) is 0 Å². The Hall–Kier alpha value is -2.39. The van der Waals surface area contributed by atoms with Crippen molar-refractivity contribution in [3.8, 4) is 6.07 Å². The first kappa shape index (κ1) is 14.5. The van der Waals surface area contributed by atoms with Gasteiger partial charge in [-0.3, -0.25) is 4.68 Å². The Morgan fingerprint density at radius 1 is 1.41 bits per heavy atom. The number of nitrogens with zero attached hydrogens (tertiary/aromatic N) is 5. The van der Waals surface area contributed by atoms with Gasteiger partial charge in [-0.2, -0.15) is 10.4 Å². The van der Waals surface area contributed by atoms with Crippen molar-refractivity contribution in [2.75, 3.05) is 24.6 Å². The van der Waals surface area contributed by atoms with Crippen LogP contribution in [0.3, 0.4) is 0 Å². The number of hydrogen-bond donors (Lipinski definition) is 0. The van der Waals surface area contributed by atoms with Crippen molar-refractivity contribution in [2.45, 2.75) is 26.5 Å². The van der Waals surface area contributed by atoms with Crippen molar-refractivity contribution in [3.63, 3.8) is 0 Å². The Labute approximate surface area is 129 Å². The lowest BCUT2D eigenvalue weighted by Crippen LogP contribution is -2.44. The lowest BCUT2D eigenvalue weighted by atomic mass is 10.2. The number of aryl methyl sites for hydroxylation is 2. The van der Waals surface area contributed by atoms with E-state index in [0.29, 0.717) is 12.3 Å². The Kier molecular flexibility index (Phi) is 4.07. The second-order valence-electron chi connectivity index (χ2n) is 5.63. The van der Waals surface area contributed by atoms with E-state index < -0.39 is 0 Å². The maximum atomic E-state index is 9.12. The molecule has 0 N–H and O–H groups in total. The molecule has 0 radical (unpaired) electrons. The molecule has 22 heavy (non-hydrogen) atoms. The molecule has 0 aromatic carbocycles. The Bertz CT molecular complexity index is 703. The minimum absolute atomic E-state index is 0.0710. The molecule has 0 aliphatic carbocycles. The standard InChI is InChI=1S/C16H19N5O/c1-12-8-18-21(9-12)11-14-10-20(5-6-22-14)16-4-3-13(2)15(7-17)19-16/h3-4,8-9,14H,5-6,10-11H2,1-2H3. The average molecular weight is 297 g/mol. The van der Waals surface area contributed by atoms with Gasteiger partial charge in [0.1, 0.15) is 17.6 Å². The Morgan fingerprint density at radius 3 is 3.00 bits per heavy atom. The summed E-state index contributed by atoms with van der Waals surface area (Å²) in [5, 5.41) is 13.4. The number of ether oxygens (including phenoxy) is 1. The predicted octanol–water partition coefficient (Wildman–Crippen LogP) is 1.67. The van der Waals surface area contributed by atoms with Gasteiger partial charge < -0.3 is 9.64 Å². The number of rotatable bonds is 3. The zero-order valence-corrected chi connectivity index (χ0v) is 12.9. The molecule has 1 fully saturated rings. The molecular weight excluding hydrogens is 278 g/mol. The van der Waals surface area contributed by atoms with Gasteiger partial charge in [-0.05, 0) is 31.0 Å². The van der Waals surface area contributed by atoms with Crippen LogP contribution in [0.15, 0.2) is 24.5 Å². The molecule has 0 amide bonds. The zero-order valence-electron chi connectivity index (χ0n) is 12.9. The highest BCUT2D eigenvalue weighted by Crippen LogP contribution is 2.18. The molecule has 2 aromatic rings. The Balaban J connectivity index is 1.71. The third-order valence-electron chi connectivity index (χ3n) is 3.80. The van der Waals surface area contributed by atoms with Gasteiger partial charge in [0.15, 0.2) is 0 Å². The van der Waals surface area contributed by atoms with Gasteiger partial charge in [0.2, 0.25) is 0 Å². The topological polar surface area (TPSA) is 67.0 Å². The van der Waals surface area contributed by atoms with Crippen LogP contribution in [0, 0.1) is 25.2 Å². The summed E-state index contributed by atoms with van der Waals surface area (Å²) >= 11 is 0. The second-order valence-corrected chi connectivity index (χ2v) is 5.63. The maximum absolute atomic E-state index is 9.12. The van der Waals surface area contributed by atoms with Crippen molar-refractivity contribution in [1.82, 2.24) is 14.8 Å². The SMILES string of the molecule is Cc1cnn(CC2CN(c3ccc(C)c(C#N)n3)CCO2)c1. The molecule has 1 aliphatic rings. The van der Waals surface area contributed by atoms with Gasteiger partial charge in [0, 0.05) is 19.3 Å². The zero-order chi connectivity index (χ0) is 15.5. The van der Waals surface area contributed by atoms with Crippen molar-refractivity contribution < 1.29 is 4.74 Å². The van der Waals surface area contributed by atoms with Crippen LogP contribution in [0.25, 0.3) is 0 Å². The summed E-state index contributed by atoms with van der Waals surface area (Å²) in [5.41, 5.74) is 2.54. The second kappa shape index (κ2) is 6.16. The van der Waals surface area contributed by atoms with E-state index in [9.17, 15) is 0 Å². The average Bonchev–Trinajstić information content (AvgIpc) is 2.93. The summed E-state index contributed by atoms with van der Waals surface area (Å²) in [6, 6.07) is 6.06. The number of morpholine rings is 1. The van der Waals surface area contributed by atoms with Gasteiger partial charge in [-0.1, -0.05) is 6.07 Å². The monoisotopic (exact) mass is 297 g/mol. The van der Waals surface area contributed by atoms with Crippen LogP contribution in [0.1, 0.15) is 16.8 Å². The van der Waals surface area contributed by atoms with E-state index in [1.807, 2.05) is 43.1 Å². The first-order valence-corrected chi connectivity index (χ1v) is 7.39. The van der Waals surface area contributed by atoms with Crippen molar-refractivity contribution in [2.24, 2.45) is 0 Å². The first-order chi connectivity index (χ1) is 10.7. The highest BCUT2D eigenvalue weighted by Gasteiger charge is 2.22. The van der Waals surface area contributed by atoms with Gasteiger partial charge in [0.25, 0.3) is 0 Å². The fourth-order valence-corrected chi connectivity index (χ4v) is 2.62. The van der Waals surface area contributed by atoms with E-state index in [2.05, 4.69) is 21.1 Å². The maximum Gasteiger partial charge on any atom is 0.145 e. The van der Waals surface area contributed by atoms with Crippen LogP contribution in [0.4, 0.5) is 5.82 Å². The molecule has 0 bridgehead atoms. The molecular formula is C16H19N5O. The number of hydrogen-bond acceptors (Lipinski definition) is 5. The lowest BCUT2D eigenvalue weighted by molar-refractivity contribution is 0.0272. The normalized spacial score (nSPS) is 18.2. The Morgan fingerprint density at radius 2 is 2.27 bits per heavy atom. The fourth-order valence-electron chi connectivity index (χ4n) is 2.62. The van der Waals surface area contributed by atoms with Crippen LogP contribution in [-0.2, 0) is 11.3 Å². The van der Waals surface area contributed by atoms with Crippen LogP contribution < -0.4 is 4.90 Å². The van der Waals surface area contributed by atoms with Crippen LogP contribution in [-0.4, -0.2) is 40.6 Å². The van der Waals surface area contributed by atoms with E-state index in [1.54, 1.807) is 0 Å². The van der Waals surface area contributed by atoms with Crippen LogP contribution >= 0.6 is 0 Å². The summed E-state index contributed by atoms with van der Waals surface area (Å²) in [4.78, 5) is 6.62. The molecule has 0 spiro atoms. The number of anilines is 1. The summed E-state index contributed by atoms with van der Waals surface area (Å²) in [5.74, 6) is 0.840. The van der Waals surface area contributed by atoms with Crippen molar-refractivity contribution in [3.05, 3.63) is 41.3 Å². The van der Waals surface area contributed by atoms with Crippen LogP contribution in [0.5, 0.6) is 0 Å². The molecule has 3 rings (SSSR count). The lowest BCUT2D eigenvalue weighted by Gasteiger charge is -2.33. The molecule has 2 aromatic heterocycles. The third kappa shape index (κ3) is 3.10. The fraction of sp³-hybridized carbons (Fsp3) is 0.438. The van der Waals surface area contributed by atoms with E-state index in [-0.39, 0.29) is 6.10 Å². The number of nitriles is 1. The molecule has 1 saturated heterocycles. The number of aromatic nitrogens is 3. The van der Waals surface area contributed by atoms with Crippen molar-refractivity contribution in [1.29, 1.82) is 5.26 Å². The van der Waals surface area contributed by atoms with E-state index in [1.165, 1.54) is 0 Å². The van der Waals surface area contributed by atoms with E-state index in [0.717, 1.165) is 36.6 Å². The number of pyridine rings is 1. The summed E-state index contributed by atoms with van der Waals surface area (Å²) in [6.07, 6.45) is 3.93. The highest BCUT2D eigenvalue weighted by molar-refractivity contribution is 5.45. The van der Waals surface area contributed by atoms with Gasteiger partial charge in [0.05, 0.1) is 25.5 Å². The molecule has 1 aliphatic heterocycles. The van der Waals surface area contributed by atoms with E-state index in [4.69, 9.17) is 10.00 Å². The molecule has 3 heterocycles. The molecule has 114 valence electrons. The van der Waals surface area contributed by atoms with Gasteiger partial charge in [-0.15, -0.1) is 0 Å². The summed E-state index contributed by atoms with van der Waals surface area (Å²) in [6.45, 7) is 6.84. The molecule has 1 atom stereocenters. The predicted molar refractivity (Wildman–Crippen MR) is 82.6 cm³/mol. The summed E-state index contributed by atoms with van der Waals surface area (Å²) < 4.78 is 7.74. The smallest absolute Gasteiger partial charge is 0.145 e. The molecule has 1 unspecified atom stereocenters. The minimum atomic E-state index is 0.0710. The van der Waals surface area contributed by atoms with E-state index >= 15 is 0 Å². The highest BCUT2D eigenvalue weighted by atomic mass is 16.5. The largest absolute Gasteiger partial charge is 0.373 e. The summed E-state index contributed by atoms with van der Waals surface area (Å²) in [7, 11) is 0. The first-order valence-electron chi connectivity index (χ1n) is 7.39. The van der Waals surface area contributed by atoms with Crippen molar-refractivity contribution >= 4 is 5.82 Å².